The summed E-state index contributed by atoms with van der Waals surface area (Å²) in [4.78, 5) is 11.2. The summed E-state index contributed by atoms with van der Waals surface area (Å²) >= 11 is 0. The van der Waals surface area contributed by atoms with E-state index in [0.29, 0.717) is 18.3 Å². The number of hydrogen-bond donors (Lipinski definition) is 0. The van der Waals surface area contributed by atoms with Crippen LogP contribution in [0.1, 0.15) is 18.4 Å². The van der Waals surface area contributed by atoms with Crippen molar-refractivity contribution in [2.24, 2.45) is 0 Å². The van der Waals surface area contributed by atoms with Crippen molar-refractivity contribution in [3.05, 3.63) is 48.4 Å². The van der Waals surface area contributed by atoms with E-state index in [2.05, 4.69) is 21.2 Å². The second-order valence-corrected chi connectivity index (χ2v) is 5.92. The van der Waals surface area contributed by atoms with E-state index < -0.39 is 0 Å². The van der Waals surface area contributed by atoms with Crippen LogP contribution in [0.2, 0.25) is 0 Å². The van der Waals surface area contributed by atoms with Gasteiger partial charge in [-0.1, -0.05) is 35.5 Å². The highest BCUT2D eigenvalue weighted by atomic mass is 16.5. The number of benzene rings is 1. The van der Waals surface area contributed by atoms with Crippen LogP contribution in [0.15, 0.2) is 47.0 Å². The average Bonchev–Trinajstić information content (AvgIpc) is 3.11. The smallest absolute Gasteiger partial charge is 0.256 e. The van der Waals surface area contributed by atoms with E-state index in [1.165, 1.54) is 0 Å². The zero-order valence-electron chi connectivity index (χ0n) is 13.6. The molecule has 3 aromatic rings. The molecule has 0 spiro atoms. The van der Waals surface area contributed by atoms with Crippen LogP contribution in [0.3, 0.4) is 0 Å². The van der Waals surface area contributed by atoms with Gasteiger partial charge in [0.15, 0.2) is 0 Å². The van der Waals surface area contributed by atoms with Gasteiger partial charge in [-0.2, -0.15) is 4.98 Å². The minimum atomic E-state index is -0.169. The van der Waals surface area contributed by atoms with Gasteiger partial charge >= 0.3 is 0 Å². The van der Waals surface area contributed by atoms with E-state index in [9.17, 15) is 0 Å². The molecule has 0 radical (unpaired) electrons. The fourth-order valence-electron chi connectivity index (χ4n) is 2.75. The fraction of sp³-hybridized carbons (Fsp3) is 0.278. The molecule has 24 heavy (non-hydrogen) atoms. The number of pyridine rings is 1. The van der Waals surface area contributed by atoms with Gasteiger partial charge in [0.1, 0.15) is 11.9 Å². The lowest BCUT2D eigenvalue weighted by Crippen LogP contribution is -2.11. The summed E-state index contributed by atoms with van der Waals surface area (Å²) in [5, 5.41) is 5.18. The summed E-state index contributed by atoms with van der Waals surface area (Å²) in [6, 6.07) is 9.95. The molecule has 1 aliphatic heterocycles. The number of anilines is 1. The summed E-state index contributed by atoms with van der Waals surface area (Å²) in [5.74, 6) is 1.93. The molecule has 0 saturated heterocycles. The second kappa shape index (κ2) is 6.05. The maximum Gasteiger partial charge on any atom is 0.256 e. The second-order valence-electron chi connectivity index (χ2n) is 5.92. The normalized spacial score (nSPS) is 17.3. The van der Waals surface area contributed by atoms with Gasteiger partial charge in [0, 0.05) is 31.5 Å². The molecular formula is C18H18N4O2. The van der Waals surface area contributed by atoms with Gasteiger partial charge in [0.25, 0.3) is 5.89 Å². The topological polar surface area (TPSA) is 64.3 Å². The molecule has 6 nitrogen and oxygen atoms in total. The van der Waals surface area contributed by atoms with Crippen LogP contribution in [0.25, 0.3) is 22.3 Å². The van der Waals surface area contributed by atoms with E-state index in [0.717, 1.165) is 28.7 Å². The molecule has 0 N–H and O–H groups in total. The molecule has 0 saturated carbocycles. The van der Waals surface area contributed by atoms with Crippen LogP contribution in [0, 0.1) is 0 Å². The summed E-state index contributed by atoms with van der Waals surface area (Å²) < 4.78 is 11.1. The van der Waals surface area contributed by atoms with Crippen LogP contribution in [0.4, 0.5) is 5.82 Å². The standard InChI is InChI=1S/C18H18N4O2/c1-22(2)16-11-13(12-7-3-4-8-14(12)19-16)17-20-18(24-21-17)15-9-5-6-10-23-15/h3-8,11,15H,9-10H2,1-2H3. The third kappa shape index (κ3) is 2.65. The molecule has 1 atom stereocenters. The molecular weight excluding hydrogens is 304 g/mol. The van der Waals surface area contributed by atoms with Gasteiger partial charge in [-0.05, 0) is 12.1 Å². The SMILES string of the molecule is CN(C)c1cc(-c2noc(C3CC=CCO3)n2)c2ccccc2n1. The molecule has 1 aromatic carbocycles. The van der Waals surface area contributed by atoms with E-state index in [1.807, 2.05) is 55.4 Å². The molecule has 1 aliphatic rings. The van der Waals surface area contributed by atoms with Crippen molar-refractivity contribution in [2.45, 2.75) is 12.5 Å². The van der Waals surface area contributed by atoms with Gasteiger partial charge in [-0.25, -0.2) is 4.98 Å². The number of nitrogens with zero attached hydrogens (tertiary/aromatic N) is 4. The Morgan fingerprint density at radius 3 is 2.79 bits per heavy atom. The number of aromatic nitrogens is 3. The Morgan fingerprint density at radius 1 is 1.12 bits per heavy atom. The predicted molar refractivity (Wildman–Crippen MR) is 91.8 cm³/mol. The first kappa shape index (κ1) is 14.8. The first-order chi connectivity index (χ1) is 11.7. The lowest BCUT2D eigenvalue weighted by molar-refractivity contribution is 0.0429. The molecule has 0 bridgehead atoms. The minimum Gasteiger partial charge on any atom is -0.364 e. The maximum absolute atomic E-state index is 5.66. The first-order valence-electron chi connectivity index (χ1n) is 7.90. The van der Waals surface area contributed by atoms with Gasteiger partial charge in [-0.15, -0.1) is 0 Å². The van der Waals surface area contributed by atoms with Crippen molar-refractivity contribution >= 4 is 16.7 Å². The lowest BCUT2D eigenvalue weighted by Gasteiger charge is -2.14. The van der Waals surface area contributed by atoms with Crippen LogP contribution in [-0.2, 0) is 4.74 Å². The van der Waals surface area contributed by atoms with Crippen LogP contribution in [0.5, 0.6) is 0 Å². The van der Waals surface area contributed by atoms with E-state index in [-0.39, 0.29) is 6.10 Å². The summed E-state index contributed by atoms with van der Waals surface area (Å²) in [7, 11) is 3.93. The predicted octanol–water partition coefficient (Wildman–Crippen LogP) is 3.37. The number of hydrogen-bond acceptors (Lipinski definition) is 6. The van der Waals surface area contributed by atoms with E-state index in [4.69, 9.17) is 9.26 Å². The third-order valence-corrected chi connectivity index (χ3v) is 4.03. The Labute approximate surface area is 139 Å². The Hall–Kier alpha value is -2.73. The average molecular weight is 322 g/mol. The van der Waals surface area contributed by atoms with E-state index >= 15 is 0 Å². The summed E-state index contributed by atoms with van der Waals surface area (Å²) in [6.45, 7) is 0.575. The number of rotatable bonds is 3. The largest absolute Gasteiger partial charge is 0.364 e. The number of para-hydroxylation sites is 1. The molecule has 3 heterocycles. The fourth-order valence-corrected chi connectivity index (χ4v) is 2.75. The highest BCUT2D eigenvalue weighted by Gasteiger charge is 2.22. The van der Waals surface area contributed by atoms with Crippen molar-refractivity contribution in [1.82, 2.24) is 15.1 Å². The molecule has 0 amide bonds. The third-order valence-electron chi connectivity index (χ3n) is 4.03. The molecule has 122 valence electrons. The quantitative estimate of drug-likeness (QED) is 0.689. The van der Waals surface area contributed by atoms with Crippen molar-refractivity contribution in [3.8, 4) is 11.4 Å². The Balaban J connectivity index is 1.81. The van der Waals surface area contributed by atoms with Crippen LogP contribution >= 0.6 is 0 Å². The first-order valence-corrected chi connectivity index (χ1v) is 7.90. The monoisotopic (exact) mass is 322 g/mol. The number of ether oxygens (including phenoxy) is 1. The highest BCUT2D eigenvalue weighted by Crippen LogP contribution is 2.31. The molecule has 1 unspecified atom stereocenters. The Morgan fingerprint density at radius 2 is 2.00 bits per heavy atom. The van der Waals surface area contributed by atoms with Gasteiger partial charge in [0.05, 0.1) is 12.1 Å². The van der Waals surface area contributed by atoms with Crippen molar-refractivity contribution < 1.29 is 9.26 Å². The zero-order chi connectivity index (χ0) is 16.5. The molecule has 6 heteroatoms. The molecule has 0 aliphatic carbocycles. The Kier molecular flexibility index (Phi) is 3.74. The van der Waals surface area contributed by atoms with Crippen LogP contribution in [-0.4, -0.2) is 35.8 Å². The van der Waals surface area contributed by atoms with Crippen molar-refractivity contribution in [1.29, 1.82) is 0 Å². The maximum atomic E-state index is 5.66. The minimum absolute atomic E-state index is 0.169. The van der Waals surface area contributed by atoms with Gasteiger partial charge in [-0.3, -0.25) is 0 Å². The van der Waals surface area contributed by atoms with Crippen LogP contribution < -0.4 is 4.90 Å². The van der Waals surface area contributed by atoms with E-state index in [1.54, 1.807) is 0 Å². The lowest BCUT2D eigenvalue weighted by atomic mass is 10.1. The number of fused-ring (bicyclic) bond motifs is 1. The highest BCUT2D eigenvalue weighted by molar-refractivity contribution is 5.94. The van der Waals surface area contributed by atoms with Crippen molar-refractivity contribution in [3.63, 3.8) is 0 Å². The van der Waals surface area contributed by atoms with Gasteiger partial charge in [0.2, 0.25) is 5.82 Å². The zero-order valence-corrected chi connectivity index (χ0v) is 13.6. The summed E-state index contributed by atoms with van der Waals surface area (Å²) in [6.07, 6.45) is 4.65. The molecule has 4 rings (SSSR count). The summed E-state index contributed by atoms with van der Waals surface area (Å²) in [5.41, 5.74) is 1.81. The van der Waals surface area contributed by atoms with Crippen molar-refractivity contribution in [2.75, 3.05) is 25.6 Å². The molecule has 0 fully saturated rings. The Bertz CT molecular complexity index is 901. The van der Waals surface area contributed by atoms with Gasteiger partial charge < -0.3 is 14.2 Å². The molecule has 2 aromatic heterocycles.